The molecule has 6 heteroatoms. The van der Waals surface area contributed by atoms with Crippen molar-refractivity contribution in [3.05, 3.63) is 57.0 Å². The Morgan fingerprint density at radius 3 is 2.67 bits per heavy atom. The van der Waals surface area contributed by atoms with E-state index in [1.165, 1.54) is 12.3 Å². The number of hydrogen-bond donors (Lipinski definition) is 2. The van der Waals surface area contributed by atoms with Gasteiger partial charge in [0, 0.05) is 10.7 Å². The van der Waals surface area contributed by atoms with Gasteiger partial charge in [-0.3, -0.25) is 9.78 Å². The van der Waals surface area contributed by atoms with Gasteiger partial charge in [0.2, 0.25) is 5.91 Å². The summed E-state index contributed by atoms with van der Waals surface area (Å²) in [4.78, 5) is 28.6. The number of aromatic amines is 1. The van der Waals surface area contributed by atoms with Crippen molar-refractivity contribution in [2.75, 3.05) is 5.32 Å². The van der Waals surface area contributed by atoms with Crippen LogP contribution in [0.1, 0.15) is 5.56 Å². The summed E-state index contributed by atoms with van der Waals surface area (Å²) in [5, 5.41) is 2.60. The smallest absolute Gasteiger partial charge is 0.312 e. The van der Waals surface area contributed by atoms with Crippen LogP contribution in [0.25, 0.3) is 0 Å². The van der Waals surface area contributed by atoms with Gasteiger partial charge in [0.05, 0.1) is 6.42 Å². The summed E-state index contributed by atoms with van der Waals surface area (Å²) in [5.41, 5.74) is 0.406. The lowest BCUT2D eigenvalue weighted by molar-refractivity contribution is -0.115. The average molecular weight is 308 g/mol. The highest BCUT2D eigenvalue weighted by Gasteiger charge is 2.04. The molecule has 0 spiro atoms. The zero-order chi connectivity index (χ0) is 13.0. The quantitative estimate of drug-likeness (QED) is 0.906. The molecule has 0 unspecified atom stereocenters. The van der Waals surface area contributed by atoms with Crippen LogP contribution >= 0.6 is 15.9 Å². The third-order valence-corrected chi connectivity index (χ3v) is 2.76. The van der Waals surface area contributed by atoms with Crippen LogP contribution in [0.2, 0.25) is 0 Å². The SMILES string of the molecule is O=C(Cc1ccc(Br)cc1)Nc1ccnc(=O)[nH]1. The first-order chi connectivity index (χ1) is 8.63. The minimum Gasteiger partial charge on any atom is -0.312 e. The third kappa shape index (κ3) is 3.53. The first-order valence-electron chi connectivity index (χ1n) is 5.23. The summed E-state index contributed by atoms with van der Waals surface area (Å²) >= 11 is 3.33. The van der Waals surface area contributed by atoms with Gasteiger partial charge in [-0.2, -0.15) is 0 Å². The third-order valence-electron chi connectivity index (χ3n) is 2.23. The molecule has 18 heavy (non-hydrogen) atoms. The van der Waals surface area contributed by atoms with E-state index in [1.54, 1.807) is 0 Å². The molecular weight excluding hydrogens is 298 g/mol. The lowest BCUT2D eigenvalue weighted by atomic mass is 10.1. The Labute approximate surface area is 111 Å². The summed E-state index contributed by atoms with van der Waals surface area (Å²) in [6.07, 6.45) is 1.59. The molecule has 0 saturated heterocycles. The summed E-state index contributed by atoms with van der Waals surface area (Å²) < 4.78 is 0.963. The normalized spacial score (nSPS) is 10.1. The molecule has 0 bridgehead atoms. The number of amides is 1. The number of carbonyl (C=O) groups is 1. The molecule has 0 aliphatic rings. The second-order valence-corrected chi connectivity index (χ2v) is 4.56. The van der Waals surface area contributed by atoms with E-state index in [0.29, 0.717) is 5.82 Å². The number of halogens is 1. The fourth-order valence-corrected chi connectivity index (χ4v) is 1.69. The van der Waals surface area contributed by atoms with E-state index in [1.807, 2.05) is 24.3 Å². The number of anilines is 1. The number of H-pyrrole nitrogens is 1. The Morgan fingerprint density at radius 1 is 1.28 bits per heavy atom. The molecule has 92 valence electrons. The molecule has 1 aromatic heterocycles. The molecule has 1 amide bonds. The Bertz CT molecular complexity index is 607. The topological polar surface area (TPSA) is 74.8 Å². The highest BCUT2D eigenvalue weighted by molar-refractivity contribution is 9.10. The van der Waals surface area contributed by atoms with E-state index in [-0.39, 0.29) is 12.3 Å². The molecule has 1 aromatic carbocycles. The fraction of sp³-hybridized carbons (Fsp3) is 0.0833. The Kier molecular flexibility index (Phi) is 3.88. The second kappa shape index (κ2) is 5.59. The van der Waals surface area contributed by atoms with E-state index in [2.05, 4.69) is 31.2 Å². The van der Waals surface area contributed by atoms with Gasteiger partial charge in [-0.1, -0.05) is 28.1 Å². The lowest BCUT2D eigenvalue weighted by Crippen LogP contribution is -2.19. The van der Waals surface area contributed by atoms with Crippen LogP contribution in [0, 0.1) is 0 Å². The van der Waals surface area contributed by atoms with E-state index < -0.39 is 5.69 Å². The summed E-state index contributed by atoms with van der Waals surface area (Å²) in [6.45, 7) is 0. The van der Waals surface area contributed by atoms with Crippen LogP contribution in [0.15, 0.2) is 45.8 Å². The van der Waals surface area contributed by atoms with Crippen LogP contribution in [0.4, 0.5) is 5.82 Å². The highest BCUT2D eigenvalue weighted by Crippen LogP contribution is 2.11. The van der Waals surface area contributed by atoms with E-state index in [9.17, 15) is 9.59 Å². The maximum atomic E-state index is 11.7. The fourth-order valence-electron chi connectivity index (χ4n) is 1.42. The van der Waals surface area contributed by atoms with Gasteiger partial charge in [0.15, 0.2) is 0 Å². The van der Waals surface area contributed by atoms with Crippen molar-refractivity contribution in [2.24, 2.45) is 0 Å². The first kappa shape index (κ1) is 12.5. The van der Waals surface area contributed by atoms with Gasteiger partial charge in [-0.05, 0) is 23.8 Å². The van der Waals surface area contributed by atoms with Crippen molar-refractivity contribution in [1.29, 1.82) is 0 Å². The van der Waals surface area contributed by atoms with Gasteiger partial charge in [-0.15, -0.1) is 0 Å². The summed E-state index contributed by atoms with van der Waals surface area (Å²) in [7, 11) is 0. The number of rotatable bonds is 3. The van der Waals surface area contributed by atoms with Crippen molar-refractivity contribution in [3.8, 4) is 0 Å². The average Bonchev–Trinajstić information content (AvgIpc) is 2.32. The van der Waals surface area contributed by atoms with Gasteiger partial charge in [0.1, 0.15) is 5.82 Å². The minimum absolute atomic E-state index is 0.195. The highest BCUT2D eigenvalue weighted by atomic mass is 79.9. The van der Waals surface area contributed by atoms with Crippen molar-refractivity contribution < 1.29 is 4.79 Å². The molecule has 0 saturated carbocycles. The zero-order valence-corrected chi connectivity index (χ0v) is 10.9. The number of nitrogens with one attached hydrogen (secondary N) is 2. The maximum absolute atomic E-state index is 11.7. The predicted molar refractivity (Wildman–Crippen MR) is 71.3 cm³/mol. The number of nitrogens with zero attached hydrogens (tertiary/aromatic N) is 1. The molecule has 0 aliphatic heterocycles. The number of aromatic nitrogens is 2. The zero-order valence-electron chi connectivity index (χ0n) is 9.31. The number of hydrogen-bond acceptors (Lipinski definition) is 3. The van der Waals surface area contributed by atoms with Crippen molar-refractivity contribution >= 4 is 27.7 Å². The molecular formula is C12H10BrN3O2. The monoisotopic (exact) mass is 307 g/mol. The molecule has 0 radical (unpaired) electrons. The molecule has 2 rings (SSSR count). The van der Waals surface area contributed by atoms with Gasteiger partial charge in [0.25, 0.3) is 0 Å². The number of carbonyl (C=O) groups excluding carboxylic acids is 1. The Balaban J connectivity index is 2.01. The standard InChI is InChI=1S/C12H10BrN3O2/c13-9-3-1-8(2-4-9)7-11(17)15-10-5-6-14-12(18)16-10/h1-6H,7H2,(H2,14,15,16,17,18). The lowest BCUT2D eigenvalue weighted by Gasteiger charge is -2.04. The van der Waals surface area contributed by atoms with Crippen molar-refractivity contribution in [1.82, 2.24) is 9.97 Å². The number of benzene rings is 1. The van der Waals surface area contributed by atoms with Crippen LogP contribution in [-0.4, -0.2) is 15.9 Å². The van der Waals surface area contributed by atoms with Crippen LogP contribution in [0.3, 0.4) is 0 Å². The molecule has 0 atom stereocenters. The second-order valence-electron chi connectivity index (χ2n) is 3.64. The molecule has 0 fully saturated rings. The molecule has 2 N–H and O–H groups in total. The summed E-state index contributed by atoms with van der Waals surface area (Å²) in [5.74, 6) is 0.149. The maximum Gasteiger partial charge on any atom is 0.346 e. The van der Waals surface area contributed by atoms with Gasteiger partial charge < -0.3 is 5.32 Å². The largest absolute Gasteiger partial charge is 0.346 e. The van der Waals surface area contributed by atoms with Crippen molar-refractivity contribution in [3.63, 3.8) is 0 Å². The molecule has 2 aromatic rings. The van der Waals surface area contributed by atoms with Gasteiger partial charge >= 0.3 is 5.69 Å². The Morgan fingerprint density at radius 2 is 2.00 bits per heavy atom. The molecule has 1 heterocycles. The van der Waals surface area contributed by atoms with Crippen molar-refractivity contribution in [2.45, 2.75) is 6.42 Å². The van der Waals surface area contributed by atoms with Crippen LogP contribution in [0.5, 0.6) is 0 Å². The van der Waals surface area contributed by atoms with E-state index in [0.717, 1.165) is 10.0 Å². The predicted octanol–water partition coefficient (Wildman–Crippen LogP) is 1.71. The van der Waals surface area contributed by atoms with E-state index >= 15 is 0 Å². The van der Waals surface area contributed by atoms with Crippen LogP contribution in [-0.2, 0) is 11.2 Å². The Hall–Kier alpha value is -1.95. The first-order valence-corrected chi connectivity index (χ1v) is 6.02. The molecule has 5 nitrogen and oxygen atoms in total. The van der Waals surface area contributed by atoms with Gasteiger partial charge in [-0.25, -0.2) is 9.78 Å². The molecule has 0 aliphatic carbocycles. The van der Waals surface area contributed by atoms with E-state index in [4.69, 9.17) is 0 Å². The van der Waals surface area contributed by atoms with Crippen LogP contribution < -0.4 is 11.0 Å². The summed E-state index contributed by atoms with van der Waals surface area (Å²) in [6, 6.07) is 8.99. The minimum atomic E-state index is -0.489.